The number of ether oxygens (including phenoxy) is 1. The summed E-state index contributed by atoms with van der Waals surface area (Å²) >= 11 is 1.12. The molecule has 7 heteroatoms. The highest BCUT2D eigenvalue weighted by molar-refractivity contribution is 8.01. The smallest absolute Gasteiger partial charge is 0.280 e. The standard InChI is InChI=1S/C13H11FN2O3S/c1-18-8-12-15-16-13(19-12)20-7-6-11(17)9-2-4-10(14)5-3-9/h2-7H,8H2,1H3/b7-6+. The molecule has 0 aliphatic heterocycles. The molecule has 1 aromatic carbocycles. The minimum Gasteiger partial charge on any atom is -0.413 e. The van der Waals surface area contributed by atoms with Crippen LogP contribution >= 0.6 is 11.8 Å². The summed E-state index contributed by atoms with van der Waals surface area (Å²) in [5.41, 5.74) is 0.411. The zero-order valence-corrected chi connectivity index (χ0v) is 11.4. The second-order valence-electron chi connectivity index (χ2n) is 3.69. The number of hydrogen-bond donors (Lipinski definition) is 0. The largest absolute Gasteiger partial charge is 0.413 e. The Morgan fingerprint density at radius 3 is 2.85 bits per heavy atom. The minimum absolute atomic E-state index is 0.228. The molecule has 0 unspecified atom stereocenters. The van der Waals surface area contributed by atoms with E-state index in [0.29, 0.717) is 16.7 Å². The molecule has 0 aliphatic rings. The Morgan fingerprint density at radius 1 is 1.40 bits per heavy atom. The van der Waals surface area contributed by atoms with Gasteiger partial charge in [-0.1, -0.05) is 0 Å². The summed E-state index contributed by atoms with van der Waals surface area (Å²) in [5.74, 6) is -0.237. The van der Waals surface area contributed by atoms with Gasteiger partial charge in [0.25, 0.3) is 5.22 Å². The number of allylic oxidation sites excluding steroid dienone is 1. The van der Waals surface area contributed by atoms with Crippen molar-refractivity contribution in [3.63, 3.8) is 0 Å². The van der Waals surface area contributed by atoms with Crippen molar-refractivity contribution in [2.75, 3.05) is 7.11 Å². The maximum absolute atomic E-state index is 12.7. The summed E-state index contributed by atoms with van der Waals surface area (Å²) < 4.78 is 22.8. The Hall–Kier alpha value is -1.99. The number of ketones is 1. The van der Waals surface area contributed by atoms with Gasteiger partial charge in [-0.3, -0.25) is 4.79 Å². The molecule has 0 aliphatic carbocycles. The van der Waals surface area contributed by atoms with Crippen molar-refractivity contribution >= 4 is 17.5 Å². The second-order valence-corrected chi connectivity index (χ2v) is 4.54. The zero-order valence-electron chi connectivity index (χ0n) is 10.6. The fourth-order valence-corrected chi connectivity index (χ4v) is 1.87. The van der Waals surface area contributed by atoms with Crippen molar-refractivity contribution in [1.82, 2.24) is 10.2 Å². The van der Waals surface area contributed by atoms with Gasteiger partial charge in [-0.05, 0) is 47.5 Å². The van der Waals surface area contributed by atoms with Crippen LogP contribution in [-0.2, 0) is 11.3 Å². The Bertz CT molecular complexity index is 610. The number of rotatable bonds is 6. The highest BCUT2D eigenvalue weighted by Crippen LogP contribution is 2.18. The molecular formula is C13H11FN2O3S. The predicted octanol–water partition coefficient (Wildman–Crippen LogP) is 2.84. The summed E-state index contributed by atoms with van der Waals surface area (Å²) in [6.45, 7) is 0.242. The fourth-order valence-electron chi connectivity index (χ4n) is 1.33. The Labute approximate surface area is 118 Å². The van der Waals surface area contributed by atoms with Gasteiger partial charge < -0.3 is 9.15 Å². The van der Waals surface area contributed by atoms with Gasteiger partial charge in [-0.15, -0.1) is 10.2 Å². The van der Waals surface area contributed by atoms with Gasteiger partial charge in [0.15, 0.2) is 5.78 Å². The molecule has 2 rings (SSSR count). The first-order valence-corrected chi connectivity index (χ1v) is 6.51. The summed E-state index contributed by atoms with van der Waals surface area (Å²) in [7, 11) is 1.53. The van der Waals surface area contributed by atoms with E-state index in [9.17, 15) is 9.18 Å². The number of thioether (sulfide) groups is 1. The average molecular weight is 294 g/mol. The van der Waals surface area contributed by atoms with E-state index in [1.165, 1.54) is 42.9 Å². The normalized spacial score (nSPS) is 11.1. The van der Waals surface area contributed by atoms with Crippen molar-refractivity contribution < 1.29 is 18.3 Å². The molecule has 0 amide bonds. The highest BCUT2D eigenvalue weighted by atomic mass is 32.2. The van der Waals surface area contributed by atoms with Crippen LogP contribution in [0.2, 0.25) is 0 Å². The van der Waals surface area contributed by atoms with Gasteiger partial charge in [0.1, 0.15) is 12.4 Å². The van der Waals surface area contributed by atoms with E-state index in [1.807, 2.05) is 0 Å². The molecule has 1 heterocycles. The minimum atomic E-state index is -0.378. The van der Waals surface area contributed by atoms with E-state index < -0.39 is 0 Å². The van der Waals surface area contributed by atoms with Crippen molar-refractivity contribution in [2.24, 2.45) is 0 Å². The molecule has 0 atom stereocenters. The van der Waals surface area contributed by atoms with E-state index in [4.69, 9.17) is 9.15 Å². The first kappa shape index (κ1) is 14.4. The van der Waals surface area contributed by atoms with Gasteiger partial charge in [-0.25, -0.2) is 4.39 Å². The first-order chi connectivity index (χ1) is 9.69. The van der Waals surface area contributed by atoms with Crippen LogP contribution in [0.25, 0.3) is 0 Å². The third kappa shape index (κ3) is 4.01. The number of aromatic nitrogens is 2. The molecule has 104 valence electrons. The maximum atomic E-state index is 12.7. The lowest BCUT2D eigenvalue weighted by atomic mass is 10.1. The number of hydrogen-bond acceptors (Lipinski definition) is 6. The van der Waals surface area contributed by atoms with Gasteiger partial charge in [0, 0.05) is 12.7 Å². The number of halogens is 1. The van der Waals surface area contributed by atoms with Gasteiger partial charge in [-0.2, -0.15) is 0 Å². The van der Waals surface area contributed by atoms with E-state index in [2.05, 4.69) is 10.2 Å². The molecule has 20 heavy (non-hydrogen) atoms. The third-order valence-corrected chi connectivity index (χ3v) is 2.87. The topological polar surface area (TPSA) is 65.2 Å². The average Bonchev–Trinajstić information content (AvgIpc) is 2.87. The molecule has 1 aromatic heterocycles. The van der Waals surface area contributed by atoms with Crippen LogP contribution in [0, 0.1) is 5.82 Å². The van der Waals surface area contributed by atoms with Crippen LogP contribution in [0.3, 0.4) is 0 Å². The SMILES string of the molecule is COCc1nnc(S/C=C/C(=O)c2ccc(F)cc2)o1. The van der Waals surface area contributed by atoms with Crippen LogP contribution in [-0.4, -0.2) is 23.1 Å². The van der Waals surface area contributed by atoms with Crippen LogP contribution in [0.5, 0.6) is 0 Å². The number of carbonyl (C=O) groups excluding carboxylic acids is 1. The fraction of sp³-hybridized carbons (Fsp3) is 0.154. The van der Waals surface area contributed by atoms with Crippen molar-refractivity contribution in [3.05, 3.63) is 53.0 Å². The highest BCUT2D eigenvalue weighted by Gasteiger charge is 2.05. The third-order valence-electron chi connectivity index (χ3n) is 2.23. The van der Waals surface area contributed by atoms with E-state index in [-0.39, 0.29) is 18.2 Å². The quantitative estimate of drug-likeness (QED) is 0.464. The van der Waals surface area contributed by atoms with Crippen molar-refractivity contribution in [3.8, 4) is 0 Å². The molecule has 0 bridgehead atoms. The molecular weight excluding hydrogens is 283 g/mol. The first-order valence-electron chi connectivity index (χ1n) is 5.63. The number of methoxy groups -OCH3 is 1. The lowest BCUT2D eigenvalue weighted by Gasteiger charge is -1.94. The van der Waals surface area contributed by atoms with Crippen molar-refractivity contribution in [2.45, 2.75) is 11.8 Å². The number of carbonyl (C=O) groups is 1. The lowest BCUT2D eigenvalue weighted by molar-refractivity contribution is 0.104. The Morgan fingerprint density at radius 2 is 2.15 bits per heavy atom. The summed E-state index contributed by atoms with van der Waals surface area (Å²) in [6.07, 6.45) is 1.36. The summed E-state index contributed by atoms with van der Waals surface area (Å²) in [6, 6.07) is 5.33. The van der Waals surface area contributed by atoms with Crippen molar-refractivity contribution in [1.29, 1.82) is 0 Å². The Balaban J connectivity index is 1.92. The van der Waals surface area contributed by atoms with E-state index >= 15 is 0 Å². The van der Waals surface area contributed by atoms with E-state index in [1.54, 1.807) is 0 Å². The molecule has 2 aromatic rings. The van der Waals surface area contributed by atoms with Gasteiger partial charge in [0.2, 0.25) is 5.89 Å². The molecule has 0 saturated carbocycles. The van der Waals surface area contributed by atoms with E-state index in [0.717, 1.165) is 11.8 Å². The molecule has 0 fully saturated rings. The van der Waals surface area contributed by atoms with Crippen LogP contribution in [0.15, 0.2) is 45.4 Å². The number of benzene rings is 1. The summed E-state index contributed by atoms with van der Waals surface area (Å²) in [4.78, 5) is 11.7. The van der Waals surface area contributed by atoms with Gasteiger partial charge in [0.05, 0.1) is 0 Å². The van der Waals surface area contributed by atoms with Crippen LogP contribution in [0.1, 0.15) is 16.2 Å². The molecule has 5 nitrogen and oxygen atoms in total. The molecule has 0 spiro atoms. The lowest BCUT2D eigenvalue weighted by Crippen LogP contribution is -1.93. The summed E-state index contributed by atoms with van der Waals surface area (Å²) in [5, 5.41) is 9.38. The van der Waals surface area contributed by atoms with Crippen LogP contribution < -0.4 is 0 Å². The zero-order chi connectivity index (χ0) is 14.4. The monoisotopic (exact) mass is 294 g/mol. The number of nitrogens with zero attached hydrogens (tertiary/aromatic N) is 2. The molecule has 0 radical (unpaired) electrons. The predicted molar refractivity (Wildman–Crippen MR) is 70.7 cm³/mol. The molecule has 0 N–H and O–H groups in total. The maximum Gasteiger partial charge on any atom is 0.280 e. The molecule has 0 saturated heterocycles. The second kappa shape index (κ2) is 6.97. The van der Waals surface area contributed by atoms with Gasteiger partial charge >= 0.3 is 0 Å². The van der Waals surface area contributed by atoms with Crippen LogP contribution in [0.4, 0.5) is 4.39 Å². The Kier molecular flexibility index (Phi) is 5.03.